The number of piperidine rings is 1. The molecule has 0 radical (unpaired) electrons. The molecule has 20 heavy (non-hydrogen) atoms. The van der Waals surface area contributed by atoms with Gasteiger partial charge in [-0.15, -0.1) is 0 Å². The summed E-state index contributed by atoms with van der Waals surface area (Å²) in [4.78, 5) is 2.55. The van der Waals surface area contributed by atoms with E-state index < -0.39 is 0 Å². The van der Waals surface area contributed by atoms with Crippen LogP contribution in [0.1, 0.15) is 44.7 Å². The van der Waals surface area contributed by atoms with Gasteiger partial charge in [0, 0.05) is 12.1 Å². The minimum atomic E-state index is 0.125. The Hall–Kier alpha value is -1.06. The molecular formula is C17H28N2O. The van der Waals surface area contributed by atoms with Gasteiger partial charge in [-0.2, -0.15) is 0 Å². The Morgan fingerprint density at radius 3 is 2.60 bits per heavy atom. The molecule has 1 heterocycles. The molecule has 2 N–H and O–H groups in total. The monoisotopic (exact) mass is 276 g/mol. The molecule has 1 fully saturated rings. The fourth-order valence-corrected chi connectivity index (χ4v) is 3.31. The van der Waals surface area contributed by atoms with E-state index in [9.17, 15) is 0 Å². The van der Waals surface area contributed by atoms with Gasteiger partial charge in [0.15, 0.2) is 0 Å². The number of hydrogen-bond donors (Lipinski definition) is 1. The van der Waals surface area contributed by atoms with E-state index in [0.717, 1.165) is 24.8 Å². The van der Waals surface area contributed by atoms with Gasteiger partial charge < -0.3 is 10.5 Å². The molecule has 0 amide bonds. The highest BCUT2D eigenvalue weighted by Gasteiger charge is 2.28. The highest BCUT2D eigenvalue weighted by molar-refractivity contribution is 5.31. The van der Waals surface area contributed by atoms with Crippen LogP contribution in [0.25, 0.3) is 0 Å². The second-order valence-electron chi connectivity index (χ2n) is 5.97. The summed E-state index contributed by atoms with van der Waals surface area (Å²) in [6.45, 7) is 6.71. The molecule has 1 aliphatic heterocycles. The average Bonchev–Trinajstić information content (AvgIpc) is 2.48. The van der Waals surface area contributed by atoms with E-state index in [-0.39, 0.29) is 6.04 Å². The maximum Gasteiger partial charge on any atom is 0.119 e. The molecule has 3 nitrogen and oxygen atoms in total. The van der Waals surface area contributed by atoms with Crippen LogP contribution in [0.15, 0.2) is 24.3 Å². The van der Waals surface area contributed by atoms with E-state index in [1.54, 1.807) is 7.11 Å². The van der Waals surface area contributed by atoms with Crippen LogP contribution in [0.4, 0.5) is 0 Å². The zero-order valence-electron chi connectivity index (χ0n) is 13.0. The lowest BCUT2D eigenvalue weighted by Crippen LogP contribution is -2.43. The van der Waals surface area contributed by atoms with Crippen LogP contribution >= 0.6 is 0 Å². The first kappa shape index (κ1) is 15.3. The molecule has 1 aromatic carbocycles. The van der Waals surface area contributed by atoms with Gasteiger partial charge in [-0.05, 0) is 56.5 Å². The summed E-state index contributed by atoms with van der Waals surface area (Å²) in [6.07, 6.45) is 3.89. The zero-order valence-corrected chi connectivity index (χ0v) is 13.0. The van der Waals surface area contributed by atoms with Crippen molar-refractivity contribution in [2.75, 3.05) is 20.2 Å². The first-order valence-electron chi connectivity index (χ1n) is 7.79. The molecule has 0 aromatic heterocycles. The summed E-state index contributed by atoms with van der Waals surface area (Å²) < 4.78 is 5.35. The maximum absolute atomic E-state index is 6.28. The summed E-state index contributed by atoms with van der Waals surface area (Å²) in [7, 11) is 1.72. The van der Waals surface area contributed by atoms with E-state index in [0.29, 0.717) is 6.04 Å². The van der Waals surface area contributed by atoms with Crippen molar-refractivity contribution in [1.82, 2.24) is 4.90 Å². The Kier molecular flexibility index (Phi) is 5.44. The topological polar surface area (TPSA) is 38.5 Å². The van der Waals surface area contributed by atoms with Crippen LogP contribution in [0.2, 0.25) is 0 Å². The molecule has 0 aliphatic carbocycles. The second kappa shape index (κ2) is 7.09. The standard InChI is InChI=1S/C17H28N2O/c1-4-14-8-10-19(11-9-14)17(13(2)18)15-6-5-7-16(12-15)20-3/h5-7,12-14,17H,4,8-11,18H2,1-3H3. The third-order valence-electron chi connectivity index (χ3n) is 4.55. The Morgan fingerprint density at radius 2 is 2.05 bits per heavy atom. The van der Waals surface area contributed by atoms with E-state index in [2.05, 4.69) is 36.9 Å². The van der Waals surface area contributed by atoms with Gasteiger partial charge in [0.05, 0.1) is 7.11 Å². The minimum Gasteiger partial charge on any atom is -0.497 e. The van der Waals surface area contributed by atoms with Gasteiger partial charge in [0.1, 0.15) is 5.75 Å². The Balaban J connectivity index is 2.14. The lowest BCUT2D eigenvalue weighted by atomic mass is 9.90. The number of hydrogen-bond acceptors (Lipinski definition) is 3. The number of rotatable bonds is 5. The Bertz CT molecular complexity index is 411. The number of likely N-dealkylation sites (tertiary alicyclic amines) is 1. The van der Waals surface area contributed by atoms with Crippen LogP contribution in [0, 0.1) is 5.92 Å². The number of methoxy groups -OCH3 is 1. The van der Waals surface area contributed by atoms with Gasteiger partial charge in [0.2, 0.25) is 0 Å². The molecule has 1 aliphatic rings. The summed E-state index contributed by atoms with van der Waals surface area (Å²) in [5.74, 6) is 1.81. The van der Waals surface area contributed by atoms with Crippen LogP contribution in [-0.4, -0.2) is 31.1 Å². The molecular weight excluding hydrogens is 248 g/mol. The highest BCUT2D eigenvalue weighted by Crippen LogP contribution is 2.31. The highest BCUT2D eigenvalue weighted by atomic mass is 16.5. The summed E-state index contributed by atoms with van der Waals surface area (Å²) >= 11 is 0. The number of nitrogens with zero attached hydrogens (tertiary/aromatic N) is 1. The van der Waals surface area contributed by atoms with Crippen LogP contribution in [0.5, 0.6) is 5.75 Å². The van der Waals surface area contributed by atoms with Crippen LogP contribution in [-0.2, 0) is 0 Å². The minimum absolute atomic E-state index is 0.125. The molecule has 0 spiro atoms. The molecule has 2 unspecified atom stereocenters. The molecule has 1 saturated heterocycles. The lowest BCUT2D eigenvalue weighted by molar-refractivity contribution is 0.117. The Labute approximate surface area is 123 Å². The fourth-order valence-electron chi connectivity index (χ4n) is 3.31. The molecule has 1 aromatic rings. The molecule has 0 bridgehead atoms. The molecule has 2 atom stereocenters. The third kappa shape index (κ3) is 3.53. The van der Waals surface area contributed by atoms with Gasteiger partial charge in [-0.3, -0.25) is 4.90 Å². The van der Waals surface area contributed by atoms with Crippen molar-refractivity contribution in [3.63, 3.8) is 0 Å². The number of ether oxygens (including phenoxy) is 1. The second-order valence-corrected chi connectivity index (χ2v) is 5.97. The molecule has 3 heteroatoms. The predicted octanol–water partition coefficient (Wildman–Crippen LogP) is 3.21. The predicted molar refractivity (Wildman–Crippen MR) is 84.0 cm³/mol. The van der Waals surface area contributed by atoms with Gasteiger partial charge in [0.25, 0.3) is 0 Å². The van der Waals surface area contributed by atoms with Crippen molar-refractivity contribution in [2.45, 2.75) is 45.2 Å². The summed E-state index contributed by atoms with van der Waals surface area (Å²) in [6, 6.07) is 8.76. The van der Waals surface area contributed by atoms with Crippen molar-refractivity contribution in [3.05, 3.63) is 29.8 Å². The molecule has 0 saturated carbocycles. The van der Waals surface area contributed by atoms with Crippen LogP contribution in [0.3, 0.4) is 0 Å². The van der Waals surface area contributed by atoms with Gasteiger partial charge in [-0.25, -0.2) is 0 Å². The first-order chi connectivity index (χ1) is 9.65. The lowest BCUT2D eigenvalue weighted by Gasteiger charge is -2.39. The van der Waals surface area contributed by atoms with Crippen LogP contribution < -0.4 is 10.5 Å². The Morgan fingerprint density at radius 1 is 1.35 bits per heavy atom. The SMILES string of the molecule is CCC1CCN(C(c2cccc(OC)c2)C(C)N)CC1. The zero-order chi connectivity index (χ0) is 14.5. The van der Waals surface area contributed by atoms with Crippen molar-refractivity contribution < 1.29 is 4.74 Å². The fraction of sp³-hybridized carbons (Fsp3) is 0.647. The van der Waals surface area contributed by atoms with Crippen molar-refractivity contribution >= 4 is 0 Å². The molecule has 112 valence electrons. The maximum atomic E-state index is 6.28. The van der Waals surface area contributed by atoms with Crippen molar-refractivity contribution in [3.8, 4) is 5.75 Å². The van der Waals surface area contributed by atoms with Crippen molar-refractivity contribution in [1.29, 1.82) is 0 Å². The largest absolute Gasteiger partial charge is 0.497 e. The van der Waals surface area contributed by atoms with E-state index in [1.807, 2.05) is 6.07 Å². The summed E-state index contributed by atoms with van der Waals surface area (Å²) in [5, 5.41) is 0. The van der Waals surface area contributed by atoms with E-state index in [4.69, 9.17) is 10.5 Å². The number of benzene rings is 1. The van der Waals surface area contributed by atoms with Crippen molar-refractivity contribution in [2.24, 2.45) is 11.7 Å². The van der Waals surface area contributed by atoms with E-state index in [1.165, 1.54) is 24.8 Å². The third-order valence-corrected chi connectivity index (χ3v) is 4.55. The normalized spacial score (nSPS) is 20.6. The number of nitrogens with two attached hydrogens (primary N) is 1. The van der Waals surface area contributed by atoms with Gasteiger partial charge >= 0.3 is 0 Å². The first-order valence-corrected chi connectivity index (χ1v) is 7.79. The molecule has 2 rings (SSSR count). The smallest absolute Gasteiger partial charge is 0.119 e. The van der Waals surface area contributed by atoms with E-state index >= 15 is 0 Å². The van der Waals surface area contributed by atoms with Gasteiger partial charge in [-0.1, -0.05) is 25.5 Å². The quantitative estimate of drug-likeness (QED) is 0.897. The average molecular weight is 276 g/mol. The summed E-state index contributed by atoms with van der Waals surface area (Å²) in [5.41, 5.74) is 7.55.